The van der Waals surface area contributed by atoms with Gasteiger partial charge in [-0.3, -0.25) is 9.78 Å². The van der Waals surface area contributed by atoms with E-state index in [0.717, 1.165) is 17.8 Å². The third-order valence-electron chi connectivity index (χ3n) is 4.60. The molecule has 2 aromatic heterocycles. The first-order chi connectivity index (χ1) is 15.6. The van der Waals surface area contributed by atoms with Crippen molar-refractivity contribution in [1.29, 1.82) is 0 Å². The zero-order chi connectivity index (χ0) is 24.2. The van der Waals surface area contributed by atoms with Crippen LogP contribution in [0.15, 0.2) is 40.1 Å². The molecule has 1 amide bonds. The van der Waals surface area contributed by atoms with Gasteiger partial charge in [0.2, 0.25) is 0 Å². The number of hydrogen-bond donors (Lipinski definition) is 2. The highest BCUT2D eigenvalue weighted by Crippen LogP contribution is 2.39. The molecule has 0 aromatic carbocycles. The molecule has 0 saturated carbocycles. The predicted molar refractivity (Wildman–Crippen MR) is 123 cm³/mol. The number of nitrogens with one attached hydrogen (secondary N) is 1. The largest absolute Gasteiger partial charge is 0.379 e. The average molecular weight is 520 g/mol. The Labute approximate surface area is 201 Å². The molecule has 0 bridgehead atoms. The van der Waals surface area contributed by atoms with Crippen molar-refractivity contribution in [3.05, 3.63) is 57.9 Å². The maximum absolute atomic E-state index is 14.3. The Kier molecular flexibility index (Phi) is 8.22. The SMILES string of the molecule is C[C@@]1(c2cc(NC(=O)c3ncc(C=C(Cl)Cl)cc3F)ccn2)C[C@@H](COC(F)F)SC(N)=N1. The van der Waals surface area contributed by atoms with Crippen LogP contribution in [0.4, 0.5) is 18.9 Å². The second-order valence-corrected chi connectivity index (χ2v) is 9.51. The van der Waals surface area contributed by atoms with Crippen molar-refractivity contribution < 1.29 is 22.7 Å². The smallest absolute Gasteiger partial charge is 0.345 e. The normalized spacial score (nSPS) is 20.3. The van der Waals surface area contributed by atoms with Crippen LogP contribution in [0, 0.1) is 5.82 Å². The number of carbonyl (C=O) groups excluding carboxylic acids is 1. The summed E-state index contributed by atoms with van der Waals surface area (Å²) in [7, 11) is 0. The van der Waals surface area contributed by atoms with Gasteiger partial charge in [-0.15, -0.1) is 0 Å². The standard InChI is InChI=1S/C20H18Cl2F3N5O2S/c1-20(7-12(9-32-18(24)25)33-19(26)30-20)14-6-11(2-3-27-14)29-17(31)16-13(23)4-10(8-28-16)5-15(21)22/h2-6,8,12,18H,7,9H2,1H3,(H2,26,30)(H,27,29,31)/t12-,20-/m0/s1. The van der Waals surface area contributed by atoms with E-state index in [4.69, 9.17) is 28.9 Å². The van der Waals surface area contributed by atoms with Gasteiger partial charge in [-0.05, 0) is 43.2 Å². The Morgan fingerprint density at radius 3 is 2.85 bits per heavy atom. The number of aromatic nitrogens is 2. The fourth-order valence-electron chi connectivity index (χ4n) is 3.22. The number of rotatable bonds is 7. The summed E-state index contributed by atoms with van der Waals surface area (Å²) < 4.78 is 43.5. The van der Waals surface area contributed by atoms with Crippen LogP contribution < -0.4 is 11.1 Å². The number of amidine groups is 1. The third kappa shape index (κ3) is 6.83. The molecule has 176 valence electrons. The lowest BCUT2D eigenvalue weighted by Crippen LogP contribution is -2.36. The number of thioether (sulfide) groups is 1. The summed E-state index contributed by atoms with van der Waals surface area (Å²) in [6, 6.07) is 4.14. The van der Waals surface area contributed by atoms with Crippen molar-refractivity contribution in [2.75, 3.05) is 11.9 Å². The van der Waals surface area contributed by atoms with Crippen molar-refractivity contribution >= 4 is 57.8 Å². The number of halogens is 5. The number of anilines is 1. The summed E-state index contributed by atoms with van der Waals surface area (Å²) in [6.45, 7) is -1.35. The van der Waals surface area contributed by atoms with Crippen LogP contribution in [-0.2, 0) is 10.3 Å². The van der Waals surface area contributed by atoms with Crippen LogP contribution in [0.1, 0.15) is 35.1 Å². The number of carbonyl (C=O) groups is 1. The van der Waals surface area contributed by atoms with Crippen LogP contribution in [0.25, 0.3) is 6.08 Å². The second kappa shape index (κ2) is 10.7. The lowest BCUT2D eigenvalue weighted by atomic mass is 9.91. The van der Waals surface area contributed by atoms with Crippen LogP contribution in [-0.4, -0.2) is 39.5 Å². The number of amides is 1. The lowest BCUT2D eigenvalue weighted by Gasteiger charge is -2.33. The summed E-state index contributed by atoms with van der Waals surface area (Å²) in [5.74, 6) is -1.65. The number of aliphatic imine (C=N–C) groups is 1. The van der Waals surface area contributed by atoms with Gasteiger partial charge >= 0.3 is 6.61 Å². The summed E-state index contributed by atoms with van der Waals surface area (Å²) in [5, 5.41) is 2.40. The zero-order valence-corrected chi connectivity index (χ0v) is 19.4. The van der Waals surface area contributed by atoms with Crippen molar-refractivity contribution in [1.82, 2.24) is 9.97 Å². The molecule has 33 heavy (non-hydrogen) atoms. The highest BCUT2D eigenvalue weighted by molar-refractivity contribution is 8.14. The molecule has 13 heteroatoms. The molecular weight excluding hydrogens is 502 g/mol. The Bertz CT molecular complexity index is 1100. The van der Waals surface area contributed by atoms with Gasteiger partial charge in [0.1, 0.15) is 10.0 Å². The van der Waals surface area contributed by atoms with Crippen LogP contribution in [0.5, 0.6) is 0 Å². The fraction of sp³-hybridized carbons (Fsp3) is 0.300. The van der Waals surface area contributed by atoms with Gasteiger partial charge in [-0.1, -0.05) is 35.0 Å². The van der Waals surface area contributed by atoms with E-state index in [2.05, 4.69) is 25.0 Å². The molecule has 0 spiro atoms. The van der Waals surface area contributed by atoms with E-state index >= 15 is 0 Å². The van der Waals surface area contributed by atoms with Crippen LogP contribution >= 0.6 is 35.0 Å². The molecule has 0 radical (unpaired) electrons. The van der Waals surface area contributed by atoms with Gasteiger partial charge in [-0.25, -0.2) is 14.4 Å². The van der Waals surface area contributed by atoms with E-state index in [1.54, 1.807) is 13.0 Å². The van der Waals surface area contributed by atoms with Gasteiger partial charge in [0.15, 0.2) is 16.7 Å². The Hall–Kier alpha value is -2.34. The number of hydrogen-bond acceptors (Lipinski definition) is 7. The first-order valence-corrected chi connectivity index (χ1v) is 11.1. The summed E-state index contributed by atoms with van der Waals surface area (Å²) in [4.78, 5) is 25.1. The number of nitrogens with zero attached hydrogens (tertiary/aromatic N) is 3. The van der Waals surface area contributed by atoms with Gasteiger partial charge in [0, 0.05) is 23.3 Å². The number of ether oxygens (including phenoxy) is 1. The maximum Gasteiger partial charge on any atom is 0.345 e. The van der Waals surface area contributed by atoms with Gasteiger partial charge in [0.25, 0.3) is 5.91 Å². The molecule has 7 nitrogen and oxygen atoms in total. The zero-order valence-electron chi connectivity index (χ0n) is 17.1. The lowest BCUT2D eigenvalue weighted by molar-refractivity contribution is -0.128. The van der Waals surface area contributed by atoms with E-state index in [9.17, 15) is 18.0 Å². The summed E-state index contributed by atoms with van der Waals surface area (Å²) >= 11 is 12.2. The molecule has 0 saturated heterocycles. The monoisotopic (exact) mass is 519 g/mol. The first-order valence-electron chi connectivity index (χ1n) is 9.43. The number of nitrogens with two attached hydrogens (primary N) is 1. The molecule has 0 unspecified atom stereocenters. The number of alkyl halides is 2. The third-order valence-corrected chi connectivity index (χ3v) is 5.79. The van der Waals surface area contributed by atoms with Gasteiger partial charge in [-0.2, -0.15) is 8.78 Å². The topological polar surface area (TPSA) is 102 Å². The Morgan fingerprint density at radius 2 is 2.18 bits per heavy atom. The highest BCUT2D eigenvalue weighted by atomic mass is 35.5. The van der Waals surface area contributed by atoms with E-state index in [-0.39, 0.29) is 21.5 Å². The predicted octanol–water partition coefficient (Wildman–Crippen LogP) is 4.92. The van der Waals surface area contributed by atoms with Crippen molar-refractivity contribution in [2.45, 2.75) is 30.7 Å². The molecule has 3 heterocycles. The minimum absolute atomic E-state index is 0.0846. The summed E-state index contributed by atoms with van der Waals surface area (Å²) in [6.07, 6.45) is 4.30. The van der Waals surface area contributed by atoms with Crippen LogP contribution in [0.3, 0.4) is 0 Å². The molecule has 0 fully saturated rings. The van der Waals surface area contributed by atoms with E-state index in [0.29, 0.717) is 23.4 Å². The number of pyridine rings is 2. The van der Waals surface area contributed by atoms with Crippen LogP contribution in [0.2, 0.25) is 0 Å². The molecule has 1 aliphatic rings. The van der Waals surface area contributed by atoms with E-state index < -0.39 is 29.6 Å². The molecule has 3 rings (SSSR count). The minimum Gasteiger partial charge on any atom is -0.379 e. The molecular formula is C20H18Cl2F3N5O2S. The second-order valence-electron chi connectivity index (χ2n) is 7.18. The quantitative estimate of drug-likeness (QED) is 0.538. The minimum atomic E-state index is -2.89. The van der Waals surface area contributed by atoms with Crippen molar-refractivity contribution in [2.24, 2.45) is 10.7 Å². The highest BCUT2D eigenvalue weighted by Gasteiger charge is 2.36. The molecule has 3 N–H and O–H groups in total. The maximum atomic E-state index is 14.3. The molecule has 2 atom stereocenters. The molecule has 2 aromatic rings. The average Bonchev–Trinajstić information content (AvgIpc) is 2.71. The van der Waals surface area contributed by atoms with Crippen molar-refractivity contribution in [3.8, 4) is 0 Å². The van der Waals surface area contributed by atoms with Gasteiger partial charge in [0.05, 0.1) is 12.3 Å². The Balaban J connectivity index is 1.79. The van der Waals surface area contributed by atoms with E-state index in [1.807, 2.05) is 0 Å². The fourth-order valence-corrected chi connectivity index (χ4v) is 4.63. The van der Waals surface area contributed by atoms with Gasteiger partial charge < -0.3 is 15.8 Å². The molecule has 0 aliphatic carbocycles. The first kappa shape index (κ1) is 25.3. The molecule has 1 aliphatic heterocycles. The van der Waals surface area contributed by atoms with E-state index in [1.165, 1.54) is 24.5 Å². The Morgan fingerprint density at radius 1 is 1.42 bits per heavy atom. The summed E-state index contributed by atoms with van der Waals surface area (Å²) in [5.41, 5.74) is 5.58. The van der Waals surface area contributed by atoms with Crippen molar-refractivity contribution in [3.63, 3.8) is 0 Å².